The lowest BCUT2D eigenvalue weighted by Gasteiger charge is -2.21. The van der Waals surface area contributed by atoms with Crippen molar-refractivity contribution in [3.8, 4) is 0 Å². The third-order valence-electron chi connectivity index (χ3n) is 19.8. The van der Waals surface area contributed by atoms with Crippen LogP contribution in [0.3, 0.4) is 0 Å². The minimum absolute atomic E-state index is 0.106. The van der Waals surface area contributed by atoms with Crippen molar-refractivity contribution in [1.29, 1.82) is 0 Å². The lowest BCUT2D eigenvalue weighted by Crippen LogP contribution is -2.30. The van der Waals surface area contributed by atoms with Crippen molar-refractivity contribution >= 4 is 39.5 Å². The van der Waals surface area contributed by atoms with E-state index in [1.54, 1.807) is 0 Å². The SMILES string of the molecule is CCCCCCCCCCCCCCCCCCCCCC(=O)OC[C@H](COP(=O)(O)OC[C@@H](O)COP(=O)(O)OC[C@@H](COC(=O)CCCCCCCCC(C)CC)OC(=O)CCCCCCCCCCCCCC(C)C)OC(=O)CCCCCCCCCCCCCCCCCCCCC. The highest BCUT2D eigenvalue weighted by Gasteiger charge is 2.30. The molecule has 19 heteroatoms. The number of aliphatic hydroxyl groups is 1. The second-order valence-corrected chi connectivity index (χ2v) is 33.5. The first kappa shape index (κ1) is 100. The van der Waals surface area contributed by atoms with E-state index in [2.05, 4.69) is 41.5 Å². The molecule has 102 heavy (non-hydrogen) atoms. The fourth-order valence-electron chi connectivity index (χ4n) is 12.9. The van der Waals surface area contributed by atoms with Crippen LogP contribution in [0.15, 0.2) is 0 Å². The Labute approximate surface area is 626 Å². The third kappa shape index (κ3) is 74.9. The first-order valence-electron chi connectivity index (χ1n) is 43.0. The predicted octanol–water partition coefficient (Wildman–Crippen LogP) is 25.1. The number of phosphoric acid groups is 2. The Hall–Kier alpha value is -1.94. The number of rotatable bonds is 82. The number of aliphatic hydroxyl groups excluding tert-OH is 1. The van der Waals surface area contributed by atoms with Gasteiger partial charge in [0.15, 0.2) is 12.2 Å². The van der Waals surface area contributed by atoms with Gasteiger partial charge in [-0.3, -0.25) is 37.3 Å². The van der Waals surface area contributed by atoms with Gasteiger partial charge in [-0.15, -0.1) is 0 Å². The van der Waals surface area contributed by atoms with Crippen molar-refractivity contribution in [2.75, 3.05) is 39.6 Å². The van der Waals surface area contributed by atoms with Crippen molar-refractivity contribution in [3.63, 3.8) is 0 Å². The topological polar surface area (TPSA) is 237 Å². The molecule has 0 aromatic rings. The number of carbonyl (C=O) groups excluding carboxylic acids is 4. The molecule has 606 valence electrons. The number of ether oxygens (including phenoxy) is 4. The van der Waals surface area contributed by atoms with Crippen LogP contribution in [0.5, 0.6) is 0 Å². The largest absolute Gasteiger partial charge is 0.472 e. The maximum atomic E-state index is 13.1. The van der Waals surface area contributed by atoms with E-state index in [4.69, 9.17) is 37.0 Å². The molecule has 0 aromatic heterocycles. The highest BCUT2D eigenvalue weighted by atomic mass is 31.2. The second kappa shape index (κ2) is 74.5. The quantitative estimate of drug-likeness (QED) is 0.0222. The summed E-state index contributed by atoms with van der Waals surface area (Å²) in [5, 5.41) is 10.7. The van der Waals surface area contributed by atoms with E-state index < -0.39 is 97.5 Å². The van der Waals surface area contributed by atoms with Gasteiger partial charge in [0.05, 0.1) is 26.4 Å². The van der Waals surface area contributed by atoms with Crippen molar-refractivity contribution in [3.05, 3.63) is 0 Å². The zero-order valence-corrected chi connectivity index (χ0v) is 68.7. The summed E-state index contributed by atoms with van der Waals surface area (Å²) in [5.41, 5.74) is 0. The van der Waals surface area contributed by atoms with Crippen molar-refractivity contribution in [1.82, 2.24) is 0 Å². The Balaban J connectivity index is 5.23. The van der Waals surface area contributed by atoms with Gasteiger partial charge in [-0.25, -0.2) is 9.13 Å². The van der Waals surface area contributed by atoms with Crippen LogP contribution in [0.1, 0.15) is 440 Å². The molecule has 0 aliphatic carbocycles. The van der Waals surface area contributed by atoms with Gasteiger partial charge < -0.3 is 33.8 Å². The van der Waals surface area contributed by atoms with Crippen LogP contribution in [0.25, 0.3) is 0 Å². The molecule has 0 saturated heterocycles. The van der Waals surface area contributed by atoms with Gasteiger partial charge in [0, 0.05) is 25.7 Å². The van der Waals surface area contributed by atoms with E-state index in [0.717, 1.165) is 108 Å². The van der Waals surface area contributed by atoms with Gasteiger partial charge >= 0.3 is 39.5 Å². The number of unbranched alkanes of at least 4 members (excludes halogenated alkanes) is 51. The van der Waals surface area contributed by atoms with Gasteiger partial charge in [-0.1, -0.05) is 388 Å². The third-order valence-corrected chi connectivity index (χ3v) is 21.7. The zero-order valence-electron chi connectivity index (χ0n) is 66.9. The zero-order chi connectivity index (χ0) is 74.9. The molecule has 3 unspecified atom stereocenters. The molecule has 0 heterocycles. The van der Waals surface area contributed by atoms with Crippen LogP contribution in [0.4, 0.5) is 0 Å². The van der Waals surface area contributed by atoms with Crippen LogP contribution in [-0.4, -0.2) is 96.7 Å². The smallest absolute Gasteiger partial charge is 0.462 e. The van der Waals surface area contributed by atoms with Crippen LogP contribution >= 0.6 is 15.6 Å². The number of phosphoric ester groups is 2. The Morgan fingerprint density at radius 3 is 0.745 bits per heavy atom. The van der Waals surface area contributed by atoms with E-state index in [0.29, 0.717) is 25.7 Å². The summed E-state index contributed by atoms with van der Waals surface area (Å²) in [7, 11) is -9.92. The molecular formula is C83H162O17P2. The Bertz CT molecular complexity index is 1960. The molecule has 0 amide bonds. The van der Waals surface area contributed by atoms with Gasteiger partial charge in [0.2, 0.25) is 0 Å². The molecule has 6 atom stereocenters. The minimum Gasteiger partial charge on any atom is -0.462 e. The summed E-state index contributed by atoms with van der Waals surface area (Å²) in [6.07, 6.45) is 65.3. The van der Waals surface area contributed by atoms with Crippen molar-refractivity contribution in [2.45, 2.75) is 458 Å². The second-order valence-electron chi connectivity index (χ2n) is 30.6. The van der Waals surface area contributed by atoms with Gasteiger partial charge in [-0.2, -0.15) is 0 Å². The summed E-state index contributed by atoms with van der Waals surface area (Å²) in [6.45, 7) is 9.61. The Morgan fingerprint density at radius 2 is 0.500 bits per heavy atom. The van der Waals surface area contributed by atoms with Gasteiger partial charge in [0.25, 0.3) is 0 Å². The van der Waals surface area contributed by atoms with E-state index in [1.165, 1.54) is 250 Å². The molecule has 0 aliphatic rings. The molecule has 0 spiro atoms. The number of hydrogen-bond acceptors (Lipinski definition) is 15. The maximum absolute atomic E-state index is 13.1. The fourth-order valence-corrected chi connectivity index (χ4v) is 14.4. The van der Waals surface area contributed by atoms with Crippen LogP contribution < -0.4 is 0 Å². The molecule has 3 N–H and O–H groups in total. The average Bonchev–Trinajstić information content (AvgIpc) is 0.913. The van der Waals surface area contributed by atoms with E-state index >= 15 is 0 Å². The summed E-state index contributed by atoms with van der Waals surface area (Å²) in [6, 6.07) is 0. The molecular weight excluding hydrogens is 1330 g/mol. The summed E-state index contributed by atoms with van der Waals surface area (Å²) >= 11 is 0. The van der Waals surface area contributed by atoms with Crippen molar-refractivity contribution < 1.29 is 80.2 Å². The normalized spacial score (nSPS) is 14.1. The Kier molecular flexibility index (Phi) is 73.1. The molecule has 0 aromatic carbocycles. The van der Waals surface area contributed by atoms with Crippen LogP contribution in [-0.2, 0) is 65.4 Å². The van der Waals surface area contributed by atoms with E-state index in [1.807, 2.05) is 0 Å². The molecule has 0 radical (unpaired) electrons. The summed E-state index contributed by atoms with van der Waals surface area (Å²) < 4.78 is 68.8. The Morgan fingerprint density at radius 1 is 0.284 bits per heavy atom. The number of carbonyl (C=O) groups is 4. The van der Waals surface area contributed by atoms with Crippen LogP contribution in [0.2, 0.25) is 0 Å². The lowest BCUT2D eigenvalue weighted by molar-refractivity contribution is -0.161. The first-order chi connectivity index (χ1) is 49.4. The minimum atomic E-state index is -4.96. The van der Waals surface area contributed by atoms with Crippen molar-refractivity contribution in [2.24, 2.45) is 11.8 Å². The molecule has 0 bridgehead atoms. The van der Waals surface area contributed by atoms with Gasteiger partial charge in [0.1, 0.15) is 19.3 Å². The highest BCUT2D eigenvalue weighted by Crippen LogP contribution is 2.45. The molecule has 0 saturated carbocycles. The molecule has 0 fully saturated rings. The number of hydrogen-bond donors (Lipinski definition) is 3. The lowest BCUT2D eigenvalue weighted by atomic mass is 10.00. The van der Waals surface area contributed by atoms with E-state index in [9.17, 15) is 43.2 Å². The first-order valence-corrected chi connectivity index (χ1v) is 46.0. The van der Waals surface area contributed by atoms with Gasteiger partial charge in [-0.05, 0) is 37.5 Å². The molecule has 17 nitrogen and oxygen atoms in total. The number of esters is 4. The highest BCUT2D eigenvalue weighted by molar-refractivity contribution is 7.47. The standard InChI is InChI=1S/C83H162O17P2/c1-7-10-12-14-16-18-20-22-24-26-28-30-32-34-38-42-46-53-59-65-80(85)93-71-78(99-82(87)67-61-55-47-43-39-35-33-31-29-27-25-23-21-19-17-15-13-11-8-2)73-97-101(89,90)95-69-77(84)70-96-102(91,92)98-74-79(72-94-81(86)66-60-54-50-49-52-58-64-76(6)9-3)100-83(88)68-62-56-48-44-40-36-37-41-45-51-57-63-75(4)5/h75-79,84H,7-74H2,1-6H3,(H,89,90)(H,91,92)/t76?,77-,78-,79-/m1/s1. The predicted molar refractivity (Wildman–Crippen MR) is 418 cm³/mol. The molecule has 0 rings (SSSR count). The average molecular weight is 1490 g/mol. The molecule has 0 aliphatic heterocycles. The van der Waals surface area contributed by atoms with Crippen LogP contribution in [0, 0.1) is 11.8 Å². The monoisotopic (exact) mass is 1490 g/mol. The summed E-state index contributed by atoms with van der Waals surface area (Å²) in [5.74, 6) is -0.612. The fraction of sp³-hybridized carbons (Fsp3) is 0.952. The summed E-state index contributed by atoms with van der Waals surface area (Å²) in [4.78, 5) is 73.1. The maximum Gasteiger partial charge on any atom is 0.472 e. The van der Waals surface area contributed by atoms with E-state index in [-0.39, 0.29) is 25.7 Å².